The summed E-state index contributed by atoms with van der Waals surface area (Å²) in [4.78, 5) is 16.1. The number of rotatable bonds is 3. The molecule has 0 spiro atoms. The SMILES string of the molecule is CCC1CCCC(C(=O)c2cnccc2C(F)(F)F)C1. The van der Waals surface area contributed by atoms with Crippen LogP contribution in [0.2, 0.25) is 0 Å². The second kappa shape index (κ2) is 5.94. The minimum absolute atomic E-state index is 0.276. The van der Waals surface area contributed by atoms with Crippen LogP contribution in [-0.2, 0) is 6.18 Å². The zero-order valence-corrected chi connectivity index (χ0v) is 11.4. The van der Waals surface area contributed by atoms with Gasteiger partial charge in [-0.15, -0.1) is 0 Å². The molecular formula is C15H18F3NO. The van der Waals surface area contributed by atoms with Gasteiger partial charge in [-0.2, -0.15) is 13.2 Å². The molecule has 0 amide bonds. The Balaban J connectivity index is 2.25. The summed E-state index contributed by atoms with van der Waals surface area (Å²) < 4.78 is 38.8. The van der Waals surface area contributed by atoms with Crippen molar-refractivity contribution in [2.45, 2.75) is 45.2 Å². The van der Waals surface area contributed by atoms with E-state index in [0.717, 1.165) is 37.7 Å². The lowest BCUT2D eigenvalue weighted by molar-refractivity contribution is -0.138. The van der Waals surface area contributed by atoms with Crippen molar-refractivity contribution < 1.29 is 18.0 Å². The Morgan fingerprint density at radius 2 is 2.15 bits per heavy atom. The molecule has 2 unspecified atom stereocenters. The largest absolute Gasteiger partial charge is 0.417 e. The summed E-state index contributed by atoms with van der Waals surface area (Å²) >= 11 is 0. The van der Waals surface area contributed by atoms with Crippen molar-refractivity contribution in [3.63, 3.8) is 0 Å². The monoisotopic (exact) mass is 285 g/mol. The third-order valence-electron chi connectivity index (χ3n) is 4.12. The summed E-state index contributed by atoms with van der Waals surface area (Å²) in [5.41, 5.74) is -1.14. The van der Waals surface area contributed by atoms with Crippen LogP contribution in [-0.4, -0.2) is 10.8 Å². The number of halogens is 3. The number of hydrogen-bond acceptors (Lipinski definition) is 2. The maximum absolute atomic E-state index is 12.9. The Morgan fingerprint density at radius 3 is 2.80 bits per heavy atom. The van der Waals surface area contributed by atoms with Crippen LogP contribution >= 0.6 is 0 Å². The summed E-state index contributed by atoms with van der Waals surface area (Å²) in [6.07, 6.45) is 1.96. The number of carbonyl (C=O) groups excluding carboxylic acids is 1. The molecule has 1 saturated carbocycles. The zero-order valence-electron chi connectivity index (χ0n) is 11.4. The molecule has 20 heavy (non-hydrogen) atoms. The predicted molar refractivity (Wildman–Crippen MR) is 69.3 cm³/mol. The van der Waals surface area contributed by atoms with Gasteiger partial charge in [0.1, 0.15) is 0 Å². The fraction of sp³-hybridized carbons (Fsp3) is 0.600. The molecule has 1 fully saturated rings. The summed E-state index contributed by atoms with van der Waals surface area (Å²) in [5.74, 6) is -0.244. The van der Waals surface area contributed by atoms with Gasteiger partial charge in [0, 0.05) is 23.9 Å². The molecule has 1 aromatic rings. The van der Waals surface area contributed by atoms with Crippen LogP contribution in [0.3, 0.4) is 0 Å². The molecule has 2 nitrogen and oxygen atoms in total. The first-order valence-electron chi connectivity index (χ1n) is 6.99. The third kappa shape index (κ3) is 3.19. The first-order chi connectivity index (χ1) is 9.43. The topological polar surface area (TPSA) is 30.0 Å². The van der Waals surface area contributed by atoms with Crippen molar-refractivity contribution in [2.75, 3.05) is 0 Å². The lowest BCUT2D eigenvalue weighted by Gasteiger charge is -2.28. The highest BCUT2D eigenvalue weighted by atomic mass is 19.4. The van der Waals surface area contributed by atoms with E-state index in [-0.39, 0.29) is 11.5 Å². The molecule has 1 heterocycles. The van der Waals surface area contributed by atoms with Crippen LogP contribution in [0.4, 0.5) is 13.2 Å². The molecule has 0 N–H and O–H groups in total. The Labute approximate surface area is 116 Å². The van der Waals surface area contributed by atoms with E-state index in [0.29, 0.717) is 18.8 Å². The van der Waals surface area contributed by atoms with Gasteiger partial charge in [-0.05, 0) is 24.8 Å². The molecule has 1 aliphatic rings. The molecule has 2 atom stereocenters. The van der Waals surface area contributed by atoms with Crippen LogP contribution in [0.5, 0.6) is 0 Å². The van der Waals surface area contributed by atoms with E-state index in [1.165, 1.54) is 0 Å². The predicted octanol–water partition coefficient (Wildman–Crippen LogP) is 4.50. The first-order valence-corrected chi connectivity index (χ1v) is 6.99. The van der Waals surface area contributed by atoms with Gasteiger partial charge >= 0.3 is 6.18 Å². The summed E-state index contributed by atoms with van der Waals surface area (Å²) in [6, 6.07) is 0.882. The minimum atomic E-state index is -4.51. The number of nitrogens with zero attached hydrogens (tertiary/aromatic N) is 1. The van der Waals surface area contributed by atoms with Crippen LogP contribution in [0.15, 0.2) is 18.5 Å². The van der Waals surface area contributed by atoms with Crippen molar-refractivity contribution in [1.29, 1.82) is 0 Å². The van der Waals surface area contributed by atoms with E-state index in [4.69, 9.17) is 0 Å². The van der Waals surface area contributed by atoms with Crippen LogP contribution in [0.25, 0.3) is 0 Å². The van der Waals surface area contributed by atoms with E-state index in [1.54, 1.807) is 0 Å². The van der Waals surface area contributed by atoms with Crippen LogP contribution in [0, 0.1) is 11.8 Å². The Morgan fingerprint density at radius 1 is 1.40 bits per heavy atom. The van der Waals surface area contributed by atoms with E-state index >= 15 is 0 Å². The summed E-state index contributed by atoms with van der Waals surface area (Å²) in [7, 11) is 0. The fourth-order valence-electron chi connectivity index (χ4n) is 2.96. The average molecular weight is 285 g/mol. The highest BCUT2D eigenvalue weighted by Gasteiger charge is 2.37. The first kappa shape index (κ1) is 15.0. The van der Waals surface area contributed by atoms with Gasteiger partial charge in [0.15, 0.2) is 5.78 Å². The molecule has 0 bridgehead atoms. The molecule has 0 aliphatic heterocycles. The van der Waals surface area contributed by atoms with E-state index in [1.807, 2.05) is 0 Å². The molecule has 1 aromatic heterocycles. The van der Waals surface area contributed by atoms with Gasteiger partial charge in [-0.3, -0.25) is 9.78 Å². The number of Topliss-reactive ketones (excluding diaryl/α,β-unsaturated/α-hetero) is 1. The molecule has 110 valence electrons. The van der Waals surface area contributed by atoms with Crippen molar-refractivity contribution in [3.05, 3.63) is 29.6 Å². The van der Waals surface area contributed by atoms with E-state index < -0.39 is 17.5 Å². The lowest BCUT2D eigenvalue weighted by atomic mass is 9.76. The number of hydrogen-bond donors (Lipinski definition) is 0. The third-order valence-corrected chi connectivity index (χ3v) is 4.12. The van der Waals surface area contributed by atoms with Crippen molar-refractivity contribution in [3.8, 4) is 0 Å². The molecule has 0 aromatic carbocycles. The lowest BCUT2D eigenvalue weighted by Crippen LogP contribution is -2.25. The van der Waals surface area contributed by atoms with Crippen molar-refractivity contribution >= 4 is 5.78 Å². The molecule has 0 saturated heterocycles. The second-order valence-electron chi connectivity index (χ2n) is 5.42. The van der Waals surface area contributed by atoms with Gasteiger partial charge < -0.3 is 0 Å². The molecule has 0 radical (unpaired) electrons. The standard InChI is InChI=1S/C15H18F3NO/c1-2-10-4-3-5-11(8-10)14(20)12-9-19-7-6-13(12)15(16,17)18/h6-7,9-11H,2-5,8H2,1H3. The maximum atomic E-state index is 12.9. The minimum Gasteiger partial charge on any atom is -0.294 e. The van der Waals surface area contributed by atoms with Gasteiger partial charge in [0.05, 0.1) is 5.56 Å². The number of ketones is 1. The fourth-order valence-corrected chi connectivity index (χ4v) is 2.96. The molecule has 2 rings (SSSR count). The Hall–Kier alpha value is -1.39. The smallest absolute Gasteiger partial charge is 0.294 e. The Kier molecular flexibility index (Phi) is 4.45. The highest BCUT2D eigenvalue weighted by molar-refractivity contribution is 5.99. The molecule has 1 aliphatic carbocycles. The maximum Gasteiger partial charge on any atom is 0.417 e. The number of alkyl halides is 3. The average Bonchev–Trinajstić information content (AvgIpc) is 2.45. The van der Waals surface area contributed by atoms with Gasteiger partial charge in [0.2, 0.25) is 0 Å². The summed E-state index contributed by atoms with van der Waals surface area (Å²) in [5, 5.41) is 0. The normalized spacial score (nSPS) is 23.6. The van der Waals surface area contributed by atoms with Crippen molar-refractivity contribution in [1.82, 2.24) is 4.98 Å². The van der Waals surface area contributed by atoms with E-state index in [9.17, 15) is 18.0 Å². The van der Waals surface area contributed by atoms with Crippen molar-refractivity contribution in [2.24, 2.45) is 11.8 Å². The number of pyridine rings is 1. The van der Waals surface area contributed by atoms with E-state index in [2.05, 4.69) is 11.9 Å². The highest BCUT2D eigenvalue weighted by Crippen LogP contribution is 2.36. The quantitative estimate of drug-likeness (QED) is 0.765. The Bertz CT molecular complexity index is 484. The van der Waals surface area contributed by atoms with Crippen LogP contribution < -0.4 is 0 Å². The van der Waals surface area contributed by atoms with Gasteiger partial charge in [0.25, 0.3) is 0 Å². The summed E-state index contributed by atoms with van der Waals surface area (Å²) in [6.45, 7) is 2.06. The second-order valence-corrected chi connectivity index (χ2v) is 5.42. The number of carbonyl (C=O) groups is 1. The zero-order chi connectivity index (χ0) is 14.8. The number of aromatic nitrogens is 1. The van der Waals surface area contributed by atoms with Gasteiger partial charge in [-0.25, -0.2) is 0 Å². The molecular weight excluding hydrogens is 267 g/mol. The van der Waals surface area contributed by atoms with Crippen LogP contribution in [0.1, 0.15) is 54.9 Å². The van der Waals surface area contributed by atoms with Gasteiger partial charge in [-0.1, -0.05) is 26.2 Å². The molecule has 5 heteroatoms.